The zero-order chi connectivity index (χ0) is 19.7. The molecule has 0 aliphatic carbocycles. The molecule has 0 bridgehead atoms. The maximum absolute atomic E-state index is 11.6. The third-order valence-electron chi connectivity index (χ3n) is 3.96. The number of hydrogen-bond donors (Lipinski definition) is 2. The minimum atomic E-state index is -0.474. The van der Waals surface area contributed by atoms with Crippen molar-refractivity contribution in [3.8, 4) is 0 Å². The van der Waals surface area contributed by atoms with E-state index < -0.39 is 5.60 Å². The Morgan fingerprint density at radius 2 is 1.96 bits per heavy atom. The molecule has 4 N–H and O–H groups in total. The van der Waals surface area contributed by atoms with Gasteiger partial charge in [-0.25, -0.2) is 4.79 Å². The highest BCUT2D eigenvalue weighted by Gasteiger charge is 2.18. The predicted molar refractivity (Wildman–Crippen MR) is 102 cm³/mol. The molecular formula is C20H31N4O3+. The highest BCUT2D eigenvalue weighted by Crippen LogP contribution is 2.14. The van der Waals surface area contributed by atoms with Gasteiger partial charge in [-0.1, -0.05) is 35.5 Å². The molecule has 0 fully saturated rings. The molecule has 0 aliphatic heterocycles. The lowest BCUT2D eigenvalue weighted by molar-refractivity contribution is -0.433. The van der Waals surface area contributed by atoms with Crippen molar-refractivity contribution in [3.63, 3.8) is 0 Å². The van der Waals surface area contributed by atoms with Gasteiger partial charge in [0, 0.05) is 19.4 Å². The summed E-state index contributed by atoms with van der Waals surface area (Å²) in [5.41, 5.74) is 4.90. The Bertz CT molecular complexity index is 695. The Kier molecular flexibility index (Phi) is 7.79. The molecule has 2 aromatic rings. The lowest BCUT2D eigenvalue weighted by Crippen LogP contribution is -2.53. The molecule has 27 heavy (non-hydrogen) atoms. The van der Waals surface area contributed by atoms with Gasteiger partial charge in [-0.05, 0) is 45.6 Å². The molecule has 148 valence electrons. The molecule has 0 unspecified atom stereocenters. The summed E-state index contributed by atoms with van der Waals surface area (Å²) in [4.78, 5) is 16.0. The van der Waals surface area contributed by atoms with E-state index in [1.165, 1.54) is 5.56 Å². The Labute approximate surface area is 160 Å². The first kappa shape index (κ1) is 20.9. The monoisotopic (exact) mass is 375 g/mol. The second kappa shape index (κ2) is 10.1. The molecule has 0 spiro atoms. The normalized spacial score (nSPS) is 12.6. The minimum absolute atomic E-state index is 0.0375. The maximum atomic E-state index is 11.6. The number of carbonyl (C=O) groups is 1. The standard InChI is InChI=1S/C20H30N4O3/c1-20(2,3)26-19(25)22-14-8-7-11-16(21)18-23-17(24-27-18)13-12-15-9-5-4-6-10-15/h4-6,9-10,16H,7-8,11-14,21H2,1-3H3,(H,22,25)/p+1/t16-/m0/s1. The van der Waals surface area contributed by atoms with E-state index in [2.05, 4.69) is 33.3 Å². The number of hydrogen-bond acceptors (Lipinski definition) is 5. The molecule has 0 radical (unpaired) electrons. The highest BCUT2D eigenvalue weighted by molar-refractivity contribution is 5.67. The van der Waals surface area contributed by atoms with Crippen LogP contribution in [0, 0.1) is 0 Å². The van der Waals surface area contributed by atoms with Crippen LogP contribution in [0.1, 0.15) is 63.4 Å². The third kappa shape index (κ3) is 8.21. The summed E-state index contributed by atoms with van der Waals surface area (Å²) >= 11 is 0. The Morgan fingerprint density at radius 3 is 2.67 bits per heavy atom. The van der Waals surface area contributed by atoms with Crippen LogP contribution in [0.5, 0.6) is 0 Å². The van der Waals surface area contributed by atoms with E-state index in [0.29, 0.717) is 18.3 Å². The van der Waals surface area contributed by atoms with Crippen LogP contribution in [-0.2, 0) is 17.6 Å². The van der Waals surface area contributed by atoms with Gasteiger partial charge in [-0.15, -0.1) is 0 Å². The number of nitrogens with one attached hydrogen (secondary N) is 1. The predicted octanol–water partition coefficient (Wildman–Crippen LogP) is 2.83. The molecule has 1 atom stereocenters. The van der Waals surface area contributed by atoms with Crippen molar-refractivity contribution in [3.05, 3.63) is 47.6 Å². The number of aromatic nitrogens is 2. The zero-order valence-corrected chi connectivity index (χ0v) is 16.5. The fourth-order valence-electron chi connectivity index (χ4n) is 2.58. The number of benzene rings is 1. The fourth-order valence-corrected chi connectivity index (χ4v) is 2.58. The lowest BCUT2D eigenvalue weighted by atomic mass is 10.1. The molecule has 0 saturated heterocycles. The molecule has 0 aliphatic rings. The number of quaternary nitrogens is 1. The van der Waals surface area contributed by atoms with Crippen molar-refractivity contribution in [2.45, 2.75) is 64.5 Å². The second-order valence-electron chi connectivity index (χ2n) is 7.66. The smallest absolute Gasteiger partial charge is 0.407 e. The number of carbonyl (C=O) groups excluding carboxylic acids is 1. The van der Waals surface area contributed by atoms with Crippen LogP contribution >= 0.6 is 0 Å². The molecule has 7 nitrogen and oxygen atoms in total. The summed E-state index contributed by atoms with van der Waals surface area (Å²) in [6.45, 7) is 6.11. The molecule has 7 heteroatoms. The van der Waals surface area contributed by atoms with Gasteiger partial charge in [0.15, 0.2) is 11.9 Å². The molecule has 1 aromatic heterocycles. The molecular weight excluding hydrogens is 344 g/mol. The number of amides is 1. The number of ether oxygens (including phenoxy) is 1. The van der Waals surface area contributed by atoms with Crippen LogP contribution in [0.2, 0.25) is 0 Å². The van der Waals surface area contributed by atoms with E-state index in [-0.39, 0.29) is 12.1 Å². The lowest BCUT2D eigenvalue weighted by Gasteiger charge is -2.19. The third-order valence-corrected chi connectivity index (χ3v) is 3.96. The van der Waals surface area contributed by atoms with E-state index in [1.807, 2.05) is 39.0 Å². The van der Waals surface area contributed by atoms with E-state index in [0.717, 1.165) is 32.1 Å². The number of rotatable bonds is 9. The summed E-state index contributed by atoms with van der Waals surface area (Å²) < 4.78 is 10.5. The van der Waals surface area contributed by atoms with Crippen LogP contribution in [0.15, 0.2) is 34.9 Å². The average molecular weight is 375 g/mol. The second-order valence-corrected chi connectivity index (χ2v) is 7.66. The quantitative estimate of drug-likeness (QED) is 0.656. The Balaban J connectivity index is 1.64. The number of aryl methyl sites for hydroxylation is 2. The minimum Gasteiger partial charge on any atom is -0.444 e. The molecule has 1 heterocycles. The summed E-state index contributed by atoms with van der Waals surface area (Å²) in [6, 6.07) is 10.2. The first-order valence-corrected chi connectivity index (χ1v) is 9.50. The van der Waals surface area contributed by atoms with Crippen LogP contribution < -0.4 is 11.1 Å². The SMILES string of the molecule is CC(C)(C)OC(=O)NCCCC[C@H]([NH3+])c1nc(CCc2ccccc2)no1. The highest BCUT2D eigenvalue weighted by atomic mass is 16.6. The van der Waals surface area contributed by atoms with E-state index in [4.69, 9.17) is 9.26 Å². The number of unbranched alkanes of at least 4 members (excludes halogenated alkanes) is 1. The van der Waals surface area contributed by atoms with Gasteiger partial charge >= 0.3 is 6.09 Å². The number of nitrogens with zero attached hydrogens (tertiary/aromatic N) is 2. The van der Waals surface area contributed by atoms with Crippen molar-refractivity contribution in [1.82, 2.24) is 15.5 Å². The van der Waals surface area contributed by atoms with Crippen LogP contribution in [0.25, 0.3) is 0 Å². The first-order valence-electron chi connectivity index (χ1n) is 9.50. The average Bonchev–Trinajstić information content (AvgIpc) is 3.08. The van der Waals surface area contributed by atoms with Gasteiger partial charge in [0.25, 0.3) is 5.89 Å². The van der Waals surface area contributed by atoms with Crippen LogP contribution in [0.4, 0.5) is 4.79 Å². The largest absolute Gasteiger partial charge is 0.444 e. The van der Waals surface area contributed by atoms with Gasteiger partial charge in [0.05, 0.1) is 0 Å². The summed E-state index contributed by atoms with van der Waals surface area (Å²) in [5, 5.41) is 6.81. The number of alkyl carbamates (subject to hydrolysis) is 1. The summed E-state index contributed by atoms with van der Waals surface area (Å²) in [6.07, 6.45) is 3.84. The van der Waals surface area contributed by atoms with Gasteiger partial charge < -0.3 is 20.3 Å². The topological polar surface area (TPSA) is 105 Å². The van der Waals surface area contributed by atoms with Gasteiger partial charge in [0.1, 0.15) is 5.60 Å². The maximum Gasteiger partial charge on any atom is 0.407 e. The first-order chi connectivity index (χ1) is 12.8. The van der Waals surface area contributed by atoms with E-state index >= 15 is 0 Å². The fraction of sp³-hybridized carbons (Fsp3) is 0.550. The zero-order valence-electron chi connectivity index (χ0n) is 16.5. The van der Waals surface area contributed by atoms with Gasteiger partial charge in [-0.3, -0.25) is 0 Å². The molecule has 0 saturated carbocycles. The summed E-state index contributed by atoms with van der Waals surface area (Å²) in [5.74, 6) is 1.30. The van der Waals surface area contributed by atoms with Gasteiger partial charge in [-0.2, -0.15) is 4.98 Å². The van der Waals surface area contributed by atoms with Crippen molar-refractivity contribution in [2.75, 3.05) is 6.54 Å². The molecule has 1 amide bonds. The van der Waals surface area contributed by atoms with Crippen LogP contribution in [-0.4, -0.2) is 28.4 Å². The van der Waals surface area contributed by atoms with Crippen molar-refractivity contribution >= 4 is 6.09 Å². The molecule has 2 rings (SSSR count). The van der Waals surface area contributed by atoms with E-state index in [1.54, 1.807) is 0 Å². The summed E-state index contributed by atoms with van der Waals surface area (Å²) in [7, 11) is 0. The van der Waals surface area contributed by atoms with E-state index in [9.17, 15) is 4.79 Å². The van der Waals surface area contributed by atoms with Crippen LogP contribution in [0.3, 0.4) is 0 Å². The Morgan fingerprint density at radius 1 is 1.22 bits per heavy atom. The van der Waals surface area contributed by atoms with Crippen molar-refractivity contribution in [2.24, 2.45) is 0 Å². The Hall–Kier alpha value is -2.41. The van der Waals surface area contributed by atoms with Crippen molar-refractivity contribution < 1.29 is 19.8 Å². The van der Waals surface area contributed by atoms with Gasteiger partial charge in [0.2, 0.25) is 0 Å². The van der Waals surface area contributed by atoms with Crippen molar-refractivity contribution in [1.29, 1.82) is 0 Å². The molecule has 1 aromatic carbocycles.